The minimum atomic E-state index is -0.380. The number of para-hydroxylation sites is 1. The molecule has 0 amide bonds. The Morgan fingerprint density at radius 1 is 1.42 bits per heavy atom. The lowest BCUT2D eigenvalue weighted by molar-refractivity contribution is 0.0519. The normalized spacial score (nSPS) is 11.9. The number of esters is 1. The van der Waals surface area contributed by atoms with Gasteiger partial charge in [-0.2, -0.15) is 0 Å². The molecule has 0 saturated heterocycles. The molecular weight excluding hydrogens is 244 g/mol. The number of imidazole rings is 1. The summed E-state index contributed by atoms with van der Waals surface area (Å²) in [5.41, 5.74) is 1.27. The second-order valence-corrected chi connectivity index (χ2v) is 3.98. The smallest absolute Gasteiger partial charge is 0.341 e. The zero-order valence-corrected chi connectivity index (χ0v) is 10.9. The number of aromatic amines is 1. The van der Waals surface area contributed by atoms with E-state index in [1.165, 1.54) is 0 Å². The van der Waals surface area contributed by atoms with Crippen molar-refractivity contribution in [2.45, 2.75) is 20.0 Å². The van der Waals surface area contributed by atoms with Crippen LogP contribution in [0.5, 0.6) is 5.75 Å². The van der Waals surface area contributed by atoms with Gasteiger partial charge in [-0.1, -0.05) is 12.1 Å². The number of aromatic nitrogens is 2. The maximum absolute atomic E-state index is 11.8. The average molecular weight is 260 g/mol. The summed E-state index contributed by atoms with van der Waals surface area (Å²) in [5, 5.41) is 0. The number of hydrogen-bond donors (Lipinski definition) is 1. The van der Waals surface area contributed by atoms with Crippen molar-refractivity contribution < 1.29 is 14.3 Å². The van der Waals surface area contributed by atoms with E-state index in [2.05, 4.69) is 9.97 Å². The molecule has 1 atom stereocenters. The van der Waals surface area contributed by atoms with Gasteiger partial charge in [-0.15, -0.1) is 0 Å². The number of carbonyl (C=O) groups is 1. The molecule has 0 aliphatic rings. The van der Waals surface area contributed by atoms with Crippen molar-refractivity contribution >= 4 is 5.97 Å². The number of nitrogens with zero attached hydrogens (tertiary/aromatic N) is 1. The summed E-state index contributed by atoms with van der Waals surface area (Å²) >= 11 is 0. The van der Waals surface area contributed by atoms with Gasteiger partial charge in [0, 0.05) is 0 Å². The molecule has 0 spiro atoms. The van der Waals surface area contributed by atoms with Crippen molar-refractivity contribution in [2.24, 2.45) is 0 Å². The van der Waals surface area contributed by atoms with Crippen LogP contribution in [-0.2, 0) is 4.74 Å². The molecule has 2 aromatic rings. The third-order valence-electron chi connectivity index (χ3n) is 2.64. The molecule has 0 aliphatic heterocycles. The van der Waals surface area contributed by atoms with Gasteiger partial charge < -0.3 is 14.5 Å². The van der Waals surface area contributed by atoms with Gasteiger partial charge in [0.25, 0.3) is 0 Å². The maximum atomic E-state index is 11.8. The van der Waals surface area contributed by atoms with Gasteiger partial charge >= 0.3 is 5.97 Å². The first-order valence-corrected chi connectivity index (χ1v) is 6.13. The van der Waals surface area contributed by atoms with Crippen LogP contribution in [0.25, 0.3) is 0 Å². The van der Waals surface area contributed by atoms with Gasteiger partial charge in [0.1, 0.15) is 17.4 Å². The number of ether oxygens (including phenoxy) is 2. The SMILES string of the molecule is CCOC(=O)c1ccccc1OC(C)c1cnc[nH]1. The van der Waals surface area contributed by atoms with Crippen LogP contribution < -0.4 is 4.74 Å². The van der Waals surface area contributed by atoms with Crippen molar-refractivity contribution in [3.63, 3.8) is 0 Å². The Bertz CT molecular complexity index is 537. The number of carbonyl (C=O) groups excluding carboxylic acids is 1. The summed E-state index contributed by atoms with van der Waals surface area (Å²) in [7, 11) is 0. The van der Waals surface area contributed by atoms with Crippen LogP contribution in [0.1, 0.15) is 36.0 Å². The van der Waals surface area contributed by atoms with Crippen LogP contribution in [0.15, 0.2) is 36.8 Å². The van der Waals surface area contributed by atoms with E-state index in [9.17, 15) is 4.79 Å². The summed E-state index contributed by atoms with van der Waals surface area (Å²) in [4.78, 5) is 18.7. The minimum Gasteiger partial charge on any atom is -0.484 e. The lowest BCUT2D eigenvalue weighted by Crippen LogP contribution is -2.10. The van der Waals surface area contributed by atoms with Crippen LogP contribution in [0.3, 0.4) is 0 Å². The van der Waals surface area contributed by atoms with Crippen molar-refractivity contribution in [3.05, 3.63) is 48.0 Å². The molecule has 1 unspecified atom stereocenters. The first-order chi connectivity index (χ1) is 9.22. The van der Waals surface area contributed by atoms with Crippen molar-refractivity contribution in [1.29, 1.82) is 0 Å². The molecule has 2 rings (SSSR count). The molecule has 0 aliphatic carbocycles. The van der Waals surface area contributed by atoms with E-state index < -0.39 is 0 Å². The van der Waals surface area contributed by atoms with Gasteiger partial charge in [-0.05, 0) is 26.0 Å². The molecule has 0 fully saturated rings. The largest absolute Gasteiger partial charge is 0.484 e. The predicted molar refractivity (Wildman–Crippen MR) is 70.0 cm³/mol. The molecule has 1 aromatic carbocycles. The number of nitrogens with one attached hydrogen (secondary N) is 1. The molecular formula is C14H16N2O3. The standard InChI is InChI=1S/C14H16N2O3/c1-3-18-14(17)11-6-4-5-7-13(11)19-10(2)12-8-15-9-16-12/h4-10H,3H2,1-2H3,(H,15,16). The highest BCUT2D eigenvalue weighted by molar-refractivity contribution is 5.92. The van der Waals surface area contributed by atoms with Crippen LogP contribution in [-0.4, -0.2) is 22.5 Å². The van der Waals surface area contributed by atoms with Crippen LogP contribution in [0.2, 0.25) is 0 Å². The molecule has 1 N–H and O–H groups in total. The second kappa shape index (κ2) is 6.04. The number of hydrogen-bond acceptors (Lipinski definition) is 4. The van der Waals surface area contributed by atoms with E-state index in [0.717, 1.165) is 5.69 Å². The Labute approximate surface area is 111 Å². The molecule has 1 aromatic heterocycles. The van der Waals surface area contributed by atoms with Gasteiger partial charge in [-0.25, -0.2) is 9.78 Å². The molecule has 5 heteroatoms. The van der Waals surface area contributed by atoms with Crippen molar-refractivity contribution in [2.75, 3.05) is 6.61 Å². The Morgan fingerprint density at radius 3 is 2.89 bits per heavy atom. The molecule has 100 valence electrons. The molecule has 0 bridgehead atoms. The number of benzene rings is 1. The van der Waals surface area contributed by atoms with Crippen molar-refractivity contribution in [3.8, 4) is 5.75 Å². The quantitative estimate of drug-likeness (QED) is 0.839. The van der Waals surface area contributed by atoms with Crippen LogP contribution in [0, 0.1) is 0 Å². The zero-order valence-electron chi connectivity index (χ0n) is 10.9. The Kier molecular flexibility index (Phi) is 4.18. The summed E-state index contributed by atoms with van der Waals surface area (Å²) < 4.78 is 10.8. The van der Waals surface area contributed by atoms with E-state index in [4.69, 9.17) is 9.47 Å². The maximum Gasteiger partial charge on any atom is 0.341 e. The Morgan fingerprint density at radius 2 is 2.21 bits per heavy atom. The molecule has 0 radical (unpaired) electrons. The monoisotopic (exact) mass is 260 g/mol. The molecule has 19 heavy (non-hydrogen) atoms. The predicted octanol–water partition coefficient (Wildman–Crippen LogP) is 2.73. The zero-order chi connectivity index (χ0) is 13.7. The first-order valence-electron chi connectivity index (χ1n) is 6.13. The lowest BCUT2D eigenvalue weighted by Gasteiger charge is -2.15. The van der Waals surface area contributed by atoms with E-state index in [1.54, 1.807) is 37.6 Å². The molecule has 5 nitrogen and oxygen atoms in total. The van der Waals surface area contributed by atoms with Gasteiger partial charge in [0.05, 0.1) is 24.8 Å². The van der Waals surface area contributed by atoms with Gasteiger partial charge in [-0.3, -0.25) is 0 Å². The summed E-state index contributed by atoms with van der Waals surface area (Å²) in [5.74, 6) is 0.123. The fraction of sp³-hybridized carbons (Fsp3) is 0.286. The van der Waals surface area contributed by atoms with E-state index in [1.807, 2.05) is 13.0 Å². The third-order valence-corrected chi connectivity index (χ3v) is 2.64. The fourth-order valence-corrected chi connectivity index (χ4v) is 1.69. The summed E-state index contributed by atoms with van der Waals surface area (Å²) in [6, 6.07) is 7.03. The van der Waals surface area contributed by atoms with Gasteiger partial charge in [0.2, 0.25) is 0 Å². The van der Waals surface area contributed by atoms with Crippen molar-refractivity contribution in [1.82, 2.24) is 9.97 Å². The summed E-state index contributed by atoms with van der Waals surface area (Å²) in [6.45, 7) is 3.99. The Balaban J connectivity index is 2.18. The minimum absolute atomic E-state index is 0.224. The fourth-order valence-electron chi connectivity index (χ4n) is 1.69. The summed E-state index contributed by atoms with van der Waals surface area (Å²) in [6.07, 6.45) is 3.06. The second-order valence-electron chi connectivity index (χ2n) is 3.98. The third kappa shape index (κ3) is 3.13. The highest BCUT2D eigenvalue weighted by atomic mass is 16.5. The highest BCUT2D eigenvalue weighted by Crippen LogP contribution is 2.24. The number of rotatable bonds is 5. The number of H-pyrrole nitrogens is 1. The first kappa shape index (κ1) is 13.1. The molecule has 1 heterocycles. The highest BCUT2D eigenvalue weighted by Gasteiger charge is 2.16. The van der Waals surface area contributed by atoms with E-state index in [0.29, 0.717) is 17.9 Å². The molecule has 0 saturated carbocycles. The Hall–Kier alpha value is -2.30. The van der Waals surface area contributed by atoms with Crippen LogP contribution in [0.4, 0.5) is 0 Å². The van der Waals surface area contributed by atoms with Crippen LogP contribution >= 0.6 is 0 Å². The topological polar surface area (TPSA) is 64.2 Å². The van der Waals surface area contributed by atoms with E-state index >= 15 is 0 Å². The van der Waals surface area contributed by atoms with E-state index in [-0.39, 0.29) is 12.1 Å². The lowest BCUT2D eigenvalue weighted by atomic mass is 10.2. The average Bonchev–Trinajstić information content (AvgIpc) is 2.93. The van der Waals surface area contributed by atoms with Gasteiger partial charge in [0.15, 0.2) is 0 Å².